The molecule has 0 radical (unpaired) electrons. The second-order valence-electron chi connectivity index (χ2n) is 2.38. The van der Waals surface area contributed by atoms with Gasteiger partial charge in [-0.2, -0.15) is 0 Å². The molecule has 0 aromatic heterocycles. The molecule has 0 spiro atoms. The van der Waals surface area contributed by atoms with Gasteiger partial charge in [-0.3, -0.25) is 0 Å². The lowest BCUT2D eigenvalue weighted by atomic mass is 10.2. The first kappa shape index (κ1) is 10.7. The van der Waals surface area contributed by atoms with Gasteiger partial charge in [0.25, 0.3) is 0 Å². The first-order valence-electron chi connectivity index (χ1n) is 3.70. The summed E-state index contributed by atoms with van der Waals surface area (Å²) < 4.78 is 4.89. The Kier molecular flexibility index (Phi) is 5.77. The molecule has 0 aromatic carbocycles. The maximum absolute atomic E-state index is 5.23. The highest BCUT2D eigenvalue weighted by atomic mass is 16.5. The Morgan fingerprint density at radius 1 is 1.58 bits per heavy atom. The zero-order valence-electron chi connectivity index (χ0n) is 7.63. The topological polar surface area (TPSA) is 9.23 Å². The molecule has 0 N–H and O–H groups in total. The summed E-state index contributed by atoms with van der Waals surface area (Å²) in [5, 5.41) is 0. The summed E-state index contributed by atoms with van der Waals surface area (Å²) >= 11 is 0. The number of rotatable bonds is 4. The number of hydrogen-bond acceptors (Lipinski definition) is 1. The van der Waals surface area contributed by atoms with E-state index in [2.05, 4.69) is 12.5 Å². The quantitative estimate of drug-likeness (QED) is 0.455. The van der Waals surface area contributed by atoms with Gasteiger partial charge >= 0.3 is 0 Å². The minimum absolute atomic E-state index is 0.484. The van der Waals surface area contributed by atoms with Crippen molar-refractivity contribution in [2.24, 2.45) is 0 Å². The van der Waals surface area contributed by atoms with Crippen LogP contribution in [0, 0.1) is 12.3 Å². The van der Waals surface area contributed by atoms with Gasteiger partial charge in [0, 0.05) is 12.7 Å². The lowest BCUT2D eigenvalue weighted by Gasteiger charge is -1.95. The molecule has 0 fully saturated rings. The largest absolute Gasteiger partial charge is 0.379 e. The van der Waals surface area contributed by atoms with Gasteiger partial charge in [0.1, 0.15) is 0 Å². The zero-order valence-corrected chi connectivity index (χ0v) is 7.63. The minimum Gasteiger partial charge on any atom is -0.379 e. The molecular formula is C11H14O. The minimum atomic E-state index is 0.484. The summed E-state index contributed by atoms with van der Waals surface area (Å²) in [4.78, 5) is 0. The van der Waals surface area contributed by atoms with Crippen LogP contribution >= 0.6 is 0 Å². The first-order valence-corrected chi connectivity index (χ1v) is 3.70. The van der Waals surface area contributed by atoms with Gasteiger partial charge in [-0.1, -0.05) is 30.2 Å². The SMILES string of the molecule is C#C/C(=C\C=C(/C)C=C)COC. The Bertz CT molecular complexity index is 238. The van der Waals surface area contributed by atoms with Crippen LogP contribution in [-0.2, 0) is 4.74 Å². The highest BCUT2D eigenvalue weighted by molar-refractivity contribution is 5.32. The molecule has 0 saturated heterocycles. The van der Waals surface area contributed by atoms with Crippen LogP contribution in [0.5, 0.6) is 0 Å². The summed E-state index contributed by atoms with van der Waals surface area (Å²) in [5.41, 5.74) is 1.91. The van der Waals surface area contributed by atoms with Gasteiger partial charge in [0.05, 0.1) is 6.61 Å². The van der Waals surface area contributed by atoms with E-state index >= 15 is 0 Å². The molecule has 12 heavy (non-hydrogen) atoms. The Balaban J connectivity index is 4.31. The van der Waals surface area contributed by atoms with Crippen LogP contribution in [0.4, 0.5) is 0 Å². The van der Waals surface area contributed by atoms with Gasteiger partial charge in [-0.15, -0.1) is 6.42 Å². The monoisotopic (exact) mass is 162 g/mol. The average Bonchev–Trinajstić information content (AvgIpc) is 2.11. The Hall–Kier alpha value is -1.26. The fourth-order valence-electron chi connectivity index (χ4n) is 0.593. The van der Waals surface area contributed by atoms with Crippen molar-refractivity contribution in [2.45, 2.75) is 6.92 Å². The molecule has 0 unspecified atom stereocenters. The van der Waals surface area contributed by atoms with Crippen LogP contribution in [0.2, 0.25) is 0 Å². The predicted octanol–water partition coefficient (Wildman–Crippen LogP) is 2.32. The highest BCUT2D eigenvalue weighted by Crippen LogP contribution is 1.98. The van der Waals surface area contributed by atoms with E-state index in [-0.39, 0.29) is 0 Å². The lowest BCUT2D eigenvalue weighted by molar-refractivity contribution is 0.229. The van der Waals surface area contributed by atoms with E-state index in [0.29, 0.717) is 6.61 Å². The predicted molar refractivity (Wildman–Crippen MR) is 52.7 cm³/mol. The molecule has 1 nitrogen and oxygen atoms in total. The average molecular weight is 162 g/mol. The molecule has 0 heterocycles. The second kappa shape index (κ2) is 6.45. The molecular weight excluding hydrogens is 148 g/mol. The molecule has 0 rings (SSSR count). The zero-order chi connectivity index (χ0) is 9.40. The van der Waals surface area contributed by atoms with Crippen molar-refractivity contribution in [3.63, 3.8) is 0 Å². The van der Waals surface area contributed by atoms with Gasteiger partial charge in [0.15, 0.2) is 0 Å². The summed E-state index contributed by atoms with van der Waals surface area (Å²) in [6, 6.07) is 0. The van der Waals surface area contributed by atoms with E-state index in [0.717, 1.165) is 11.1 Å². The number of hydrogen-bond donors (Lipinski definition) is 0. The van der Waals surface area contributed by atoms with Gasteiger partial charge < -0.3 is 4.74 Å². The molecule has 0 aliphatic rings. The van der Waals surface area contributed by atoms with Gasteiger partial charge in [-0.25, -0.2) is 0 Å². The number of terminal acetylenes is 1. The maximum atomic E-state index is 5.23. The first-order chi connectivity index (χ1) is 5.74. The Labute approximate surface area is 74.4 Å². The Morgan fingerprint density at radius 3 is 2.67 bits per heavy atom. The van der Waals surface area contributed by atoms with Gasteiger partial charge in [0.2, 0.25) is 0 Å². The number of allylic oxidation sites excluding steroid dienone is 4. The maximum Gasteiger partial charge on any atom is 0.0791 e. The van der Waals surface area contributed by atoms with Crippen LogP contribution in [0.25, 0.3) is 0 Å². The Morgan fingerprint density at radius 2 is 2.25 bits per heavy atom. The highest BCUT2D eigenvalue weighted by Gasteiger charge is 1.87. The lowest BCUT2D eigenvalue weighted by Crippen LogP contribution is -1.90. The summed E-state index contributed by atoms with van der Waals surface area (Å²) in [5.74, 6) is 2.54. The van der Waals surface area contributed by atoms with E-state index in [4.69, 9.17) is 11.2 Å². The van der Waals surface area contributed by atoms with E-state index in [1.165, 1.54) is 0 Å². The summed E-state index contributed by atoms with van der Waals surface area (Å²) in [6.45, 7) is 6.08. The molecule has 0 atom stereocenters. The molecule has 0 aliphatic heterocycles. The summed E-state index contributed by atoms with van der Waals surface area (Å²) in [6.07, 6.45) is 10.8. The molecule has 0 aliphatic carbocycles. The second-order valence-corrected chi connectivity index (χ2v) is 2.38. The number of methoxy groups -OCH3 is 1. The van der Waals surface area contributed by atoms with Crippen LogP contribution in [0.3, 0.4) is 0 Å². The molecule has 0 saturated carbocycles. The van der Waals surface area contributed by atoms with Crippen LogP contribution in [-0.4, -0.2) is 13.7 Å². The van der Waals surface area contributed by atoms with Crippen molar-refractivity contribution in [2.75, 3.05) is 13.7 Å². The van der Waals surface area contributed by atoms with E-state index in [1.807, 2.05) is 19.1 Å². The van der Waals surface area contributed by atoms with E-state index in [9.17, 15) is 0 Å². The fraction of sp³-hybridized carbons (Fsp3) is 0.273. The van der Waals surface area contributed by atoms with Crippen molar-refractivity contribution in [3.05, 3.63) is 36.0 Å². The third-order valence-electron chi connectivity index (χ3n) is 1.35. The molecule has 64 valence electrons. The fourth-order valence-corrected chi connectivity index (χ4v) is 0.593. The molecule has 1 heteroatoms. The van der Waals surface area contributed by atoms with Crippen LogP contribution in [0.15, 0.2) is 36.0 Å². The molecule has 0 aromatic rings. The molecule has 0 bridgehead atoms. The number of ether oxygens (including phenoxy) is 1. The van der Waals surface area contributed by atoms with Crippen molar-refractivity contribution in [3.8, 4) is 12.3 Å². The van der Waals surface area contributed by atoms with Crippen molar-refractivity contribution in [1.82, 2.24) is 0 Å². The summed E-state index contributed by atoms with van der Waals surface area (Å²) in [7, 11) is 1.62. The van der Waals surface area contributed by atoms with Crippen LogP contribution in [0.1, 0.15) is 6.92 Å². The van der Waals surface area contributed by atoms with Crippen molar-refractivity contribution >= 4 is 0 Å². The van der Waals surface area contributed by atoms with Crippen molar-refractivity contribution in [1.29, 1.82) is 0 Å². The van der Waals surface area contributed by atoms with Gasteiger partial charge in [-0.05, 0) is 13.0 Å². The van der Waals surface area contributed by atoms with Crippen LogP contribution < -0.4 is 0 Å². The van der Waals surface area contributed by atoms with E-state index < -0.39 is 0 Å². The third kappa shape index (κ3) is 4.54. The normalized spacial score (nSPS) is 12.4. The molecule has 0 amide bonds. The van der Waals surface area contributed by atoms with Crippen molar-refractivity contribution < 1.29 is 4.74 Å². The smallest absolute Gasteiger partial charge is 0.0791 e. The van der Waals surface area contributed by atoms with E-state index in [1.54, 1.807) is 13.2 Å². The third-order valence-corrected chi connectivity index (χ3v) is 1.35. The standard InChI is InChI=1S/C11H14O/c1-5-10(3)7-8-11(6-2)9-12-4/h2,5,7-8H,1,9H2,3-4H3/b10-7+,11-8+.